The number of hydrogen-bond acceptors (Lipinski definition) is 3. The van der Waals surface area contributed by atoms with E-state index in [-0.39, 0.29) is 5.91 Å². The minimum Gasteiger partial charge on any atom is -0.351 e. The number of carbonyl (C=O) groups excluding carboxylic acids is 1. The third-order valence-corrected chi connectivity index (χ3v) is 6.25. The highest BCUT2D eigenvalue weighted by Crippen LogP contribution is 2.25. The summed E-state index contributed by atoms with van der Waals surface area (Å²) in [6.07, 6.45) is 0. The van der Waals surface area contributed by atoms with E-state index in [1.165, 1.54) is 4.88 Å². The summed E-state index contributed by atoms with van der Waals surface area (Å²) in [7, 11) is 0. The molecule has 1 heterocycles. The number of thioether (sulfide) groups is 1. The summed E-state index contributed by atoms with van der Waals surface area (Å²) >= 11 is 7.07. The van der Waals surface area contributed by atoms with Gasteiger partial charge in [-0.15, -0.1) is 11.3 Å². The van der Waals surface area contributed by atoms with E-state index in [1.54, 1.807) is 11.3 Å². The molecule has 2 aromatic carbocycles. The molecule has 5 heteroatoms. The maximum Gasteiger partial charge on any atom is 0.251 e. The van der Waals surface area contributed by atoms with Crippen LogP contribution in [0.4, 0.5) is 0 Å². The van der Waals surface area contributed by atoms with Gasteiger partial charge in [-0.2, -0.15) is 11.8 Å². The Balaban J connectivity index is 1.51. The van der Waals surface area contributed by atoms with Crippen LogP contribution in [-0.4, -0.2) is 18.2 Å². The van der Waals surface area contributed by atoms with Crippen molar-refractivity contribution in [3.05, 3.63) is 68.8 Å². The molecule has 2 nitrogen and oxygen atoms in total. The van der Waals surface area contributed by atoms with Crippen molar-refractivity contribution in [2.24, 2.45) is 0 Å². The van der Waals surface area contributed by atoms with Gasteiger partial charge >= 0.3 is 0 Å². The first-order valence-electron chi connectivity index (χ1n) is 7.32. The molecule has 1 N–H and O–H groups in total. The summed E-state index contributed by atoms with van der Waals surface area (Å²) < 4.78 is 1.16. The predicted molar refractivity (Wildman–Crippen MR) is 104 cm³/mol. The zero-order valence-electron chi connectivity index (χ0n) is 12.4. The van der Waals surface area contributed by atoms with E-state index in [0.717, 1.165) is 31.6 Å². The highest BCUT2D eigenvalue weighted by Gasteiger charge is 2.08. The van der Waals surface area contributed by atoms with Gasteiger partial charge in [-0.05, 0) is 44.9 Å². The summed E-state index contributed by atoms with van der Waals surface area (Å²) in [5.74, 6) is 1.90. The van der Waals surface area contributed by atoms with Crippen LogP contribution in [0.1, 0.15) is 15.2 Å². The first-order chi connectivity index (χ1) is 11.2. The lowest BCUT2D eigenvalue weighted by Gasteiger charge is -2.08. The topological polar surface area (TPSA) is 29.1 Å². The molecule has 3 aromatic rings. The molecule has 1 amide bonds. The Hall–Kier alpha value is -1.30. The number of carbonyl (C=O) groups is 1. The normalized spacial score (nSPS) is 10.8. The SMILES string of the molecule is O=C(NCCSCc1ccc(Br)s1)c1cccc2ccccc12. The number of hydrogen-bond donors (Lipinski definition) is 1. The molecule has 0 atom stereocenters. The Morgan fingerprint density at radius 2 is 1.91 bits per heavy atom. The second kappa shape index (κ2) is 7.99. The van der Waals surface area contributed by atoms with Crippen molar-refractivity contribution >= 4 is 55.7 Å². The number of rotatable bonds is 6. The van der Waals surface area contributed by atoms with Crippen molar-refractivity contribution in [2.75, 3.05) is 12.3 Å². The minimum absolute atomic E-state index is 0.00117. The third-order valence-electron chi connectivity index (χ3n) is 3.44. The van der Waals surface area contributed by atoms with E-state index in [4.69, 9.17) is 0 Å². The molecule has 0 radical (unpaired) electrons. The van der Waals surface area contributed by atoms with Gasteiger partial charge in [0.1, 0.15) is 0 Å². The monoisotopic (exact) mass is 405 g/mol. The summed E-state index contributed by atoms with van der Waals surface area (Å²) in [6, 6.07) is 18.0. The van der Waals surface area contributed by atoms with Gasteiger partial charge in [-0.25, -0.2) is 0 Å². The summed E-state index contributed by atoms with van der Waals surface area (Å²) in [5, 5.41) is 5.12. The number of fused-ring (bicyclic) bond motifs is 1. The second-order valence-electron chi connectivity index (χ2n) is 5.04. The van der Waals surface area contributed by atoms with Gasteiger partial charge in [-0.3, -0.25) is 4.79 Å². The smallest absolute Gasteiger partial charge is 0.251 e. The molecule has 118 valence electrons. The van der Waals surface area contributed by atoms with E-state index < -0.39 is 0 Å². The Kier molecular flexibility index (Phi) is 5.75. The third kappa shape index (κ3) is 4.37. The summed E-state index contributed by atoms with van der Waals surface area (Å²) in [4.78, 5) is 13.7. The van der Waals surface area contributed by atoms with Crippen LogP contribution in [0.5, 0.6) is 0 Å². The zero-order chi connectivity index (χ0) is 16.1. The van der Waals surface area contributed by atoms with Crippen LogP contribution in [0.2, 0.25) is 0 Å². The van der Waals surface area contributed by atoms with Gasteiger partial charge in [0.25, 0.3) is 5.91 Å². The first-order valence-corrected chi connectivity index (χ1v) is 10.1. The van der Waals surface area contributed by atoms with Crippen LogP contribution in [0.25, 0.3) is 10.8 Å². The van der Waals surface area contributed by atoms with Crippen molar-refractivity contribution < 1.29 is 4.79 Å². The Morgan fingerprint density at radius 3 is 2.74 bits per heavy atom. The molecule has 0 aliphatic rings. The molecule has 0 aliphatic heterocycles. The van der Waals surface area contributed by atoms with Gasteiger partial charge in [0.05, 0.1) is 3.79 Å². The molecule has 3 rings (SSSR count). The molecular formula is C18H16BrNOS2. The number of benzene rings is 2. The number of amides is 1. The average Bonchev–Trinajstić information content (AvgIpc) is 2.99. The lowest BCUT2D eigenvalue weighted by atomic mass is 10.0. The van der Waals surface area contributed by atoms with Gasteiger partial charge < -0.3 is 5.32 Å². The summed E-state index contributed by atoms with van der Waals surface area (Å²) in [5.41, 5.74) is 0.746. The van der Waals surface area contributed by atoms with Crippen molar-refractivity contribution in [3.63, 3.8) is 0 Å². The van der Waals surface area contributed by atoms with Crippen LogP contribution in [0.3, 0.4) is 0 Å². The van der Waals surface area contributed by atoms with Gasteiger partial charge in [0.15, 0.2) is 0 Å². The number of nitrogens with one attached hydrogen (secondary N) is 1. The standard InChI is InChI=1S/C18H16BrNOS2/c19-17-9-8-14(23-17)12-22-11-10-20-18(21)16-7-3-5-13-4-1-2-6-15(13)16/h1-9H,10-12H2,(H,20,21). The average molecular weight is 406 g/mol. The highest BCUT2D eigenvalue weighted by atomic mass is 79.9. The summed E-state index contributed by atoms with van der Waals surface area (Å²) in [6.45, 7) is 0.680. The van der Waals surface area contributed by atoms with Crippen molar-refractivity contribution in [1.29, 1.82) is 0 Å². The van der Waals surface area contributed by atoms with Gasteiger partial charge in [0, 0.05) is 28.5 Å². The first kappa shape index (κ1) is 16.6. The highest BCUT2D eigenvalue weighted by molar-refractivity contribution is 9.11. The molecule has 0 spiro atoms. The molecule has 0 aliphatic carbocycles. The van der Waals surface area contributed by atoms with E-state index >= 15 is 0 Å². The minimum atomic E-state index is 0.00117. The fraction of sp³-hybridized carbons (Fsp3) is 0.167. The largest absolute Gasteiger partial charge is 0.351 e. The molecule has 0 fully saturated rings. The molecule has 0 bridgehead atoms. The van der Waals surface area contributed by atoms with E-state index in [9.17, 15) is 4.79 Å². The van der Waals surface area contributed by atoms with E-state index in [1.807, 2.05) is 54.2 Å². The van der Waals surface area contributed by atoms with E-state index in [2.05, 4.69) is 33.4 Å². The molecule has 23 heavy (non-hydrogen) atoms. The van der Waals surface area contributed by atoms with Crippen LogP contribution < -0.4 is 5.32 Å². The lowest BCUT2D eigenvalue weighted by molar-refractivity contribution is 0.0958. The molecule has 0 saturated carbocycles. The van der Waals surface area contributed by atoms with Crippen LogP contribution in [0, 0.1) is 0 Å². The fourth-order valence-electron chi connectivity index (χ4n) is 2.36. The second-order valence-corrected chi connectivity index (χ2v) is 8.69. The molecule has 1 aromatic heterocycles. The van der Waals surface area contributed by atoms with Crippen molar-refractivity contribution in [1.82, 2.24) is 5.32 Å². The predicted octanol–water partition coefficient (Wildman–Crippen LogP) is 5.33. The molecule has 0 unspecified atom stereocenters. The lowest BCUT2D eigenvalue weighted by Crippen LogP contribution is -2.25. The fourth-order valence-corrected chi connectivity index (χ4v) is 4.81. The number of thiophene rings is 1. The van der Waals surface area contributed by atoms with Crippen LogP contribution >= 0.6 is 39.0 Å². The quantitative estimate of drug-likeness (QED) is 0.561. The van der Waals surface area contributed by atoms with Crippen LogP contribution in [-0.2, 0) is 5.75 Å². The van der Waals surface area contributed by atoms with Crippen LogP contribution in [0.15, 0.2) is 58.4 Å². The maximum atomic E-state index is 12.4. The van der Waals surface area contributed by atoms with E-state index in [0.29, 0.717) is 6.54 Å². The molecular weight excluding hydrogens is 390 g/mol. The maximum absolute atomic E-state index is 12.4. The Labute approximate surface area is 152 Å². The number of halogens is 1. The molecule has 0 saturated heterocycles. The van der Waals surface area contributed by atoms with Gasteiger partial charge in [-0.1, -0.05) is 36.4 Å². The zero-order valence-corrected chi connectivity index (χ0v) is 15.6. The van der Waals surface area contributed by atoms with Crippen molar-refractivity contribution in [3.8, 4) is 0 Å². The Morgan fingerprint density at radius 1 is 1.09 bits per heavy atom. The van der Waals surface area contributed by atoms with Crippen molar-refractivity contribution in [2.45, 2.75) is 5.75 Å². The van der Waals surface area contributed by atoms with Gasteiger partial charge in [0.2, 0.25) is 0 Å². The Bertz CT molecular complexity index is 810.